The average Bonchev–Trinajstić information content (AvgIpc) is 2.88. The molecule has 1 amide bonds. The van der Waals surface area contributed by atoms with Crippen LogP contribution >= 0.6 is 23.1 Å². The van der Waals surface area contributed by atoms with Gasteiger partial charge < -0.3 is 5.32 Å². The molecule has 0 saturated heterocycles. The molecule has 1 N–H and O–H groups in total. The van der Waals surface area contributed by atoms with Crippen LogP contribution in [-0.2, 0) is 4.79 Å². The lowest BCUT2D eigenvalue weighted by Gasteiger charge is -2.22. The number of fused-ring (bicyclic) bond motifs is 1. The number of hydrogen-bond acceptors (Lipinski definition) is 5. The number of rotatable bonds is 5. The first-order valence-corrected chi connectivity index (χ1v) is 11.0. The van der Waals surface area contributed by atoms with Gasteiger partial charge in [-0.3, -0.25) is 4.79 Å². The second-order valence-corrected chi connectivity index (χ2v) is 9.36. The van der Waals surface area contributed by atoms with Gasteiger partial charge in [-0.2, -0.15) is 0 Å². The molecule has 0 aliphatic heterocycles. The maximum absolute atomic E-state index is 12.4. The van der Waals surface area contributed by atoms with E-state index in [0.29, 0.717) is 11.8 Å². The molecular formula is C19H27N3OS2. The van der Waals surface area contributed by atoms with Gasteiger partial charge in [-0.25, -0.2) is 9.97 Å². The van der Waals surface area contributed by atoms with Crippen LogP contribution in [0.5, 0.6) is 0 Å². The molecule has 0 radical (unpaired) electrons. The van der Waals surface area contributed by atoms with Crippen molar-refractivity contribution in [1.29, 1.82) is 0 Å². The summed E-state index contributed by atoms with van der Waals surface area (Å²) in [6.45, 7) is 8.47. The van der Waals surface area contributed by atoms with E-state index in [2.05, 4.69) is 33.0 Å². The Balaban J connectivity index is 1.76. The van der Waals surface area contributed by atoms with E-state index in [-0.39, 0.29) is 11.8 Å². The molecular weight excluding hydrogens is 350 g/mol. The molecule has 2 aromatic heterocycles. The maximum atomic E-state index is 12.4. The molecule has 0 spiro atoms. The highest BCUT2D eigenvalue weighted by Gasteiger charge is 2.19. The van der Waals surface area contributed by atoms with E-state index in [1.807, 2.05) is 0 Å². The fraction of sp³-hybridized carbons (Fsp3) is 0.632. The fourth-order valence-electron chi connectivity index (χ4n) is 3.24. The quantitative estimate of drug-likeness (QED) is 0.590. The summed E-state index contributed by atoms with van der Waals surface area (Å²) in [5, 5.41) is 5.27. The molecule has 1 fully saturated rings. The fourth-order valence-corrected chi connectivity index (χ4v) is 5.25. The Morgan fingerprint density at radius 2 is 1.96 bits per heavy atom. The number of amides is 1. The minimum absolute atomic E-state index is 0.124. The van der Waals surface area contributed by atoms with Gasteiger partial charge in [0.1, 0.15) is 15.7 Å². The van der Waals surface area contributed by atoms with Crippen molar-refractivity contribution < 1.29 is 4.79 Å². The maximum Gasteiger partial charge on any atom is 0.230 e. The second-order valence-electron chi connectivity index (χ2n) is 7.20. The normalized spacial score (nSPS) is 15.9. The number of carbonyl (C=O) groups is 1. The molecule has 0 aromatic carbocycles. The Bertz CT molecular complexity index is 764. The van der Waals surface area contributed by atoms with Crippen molar-refractivity contribution in [3.05, 3.63) is 16.3 Å². The van der Waals surface area contributed by atoms with Gasteiger partial charge in [0.25, 0.3) is 0 Å². The summed E-state index contributed by atoms with van der Waals surface area (Å²) < 4.78 is 0. The highest BCUT2D eigenvalue weighted by atomic mass is 32.2. The Morgan fingerprint density at radius 3 is 2.64 bits per heavy atom. The molecule has 1 saturated carbocycles. The molecule has 1 aliphatic rings. The number of aryl methyl sites for hydroxylation is 2. The molecule has 4 nitrogen and oxygen atoms in total. The summed E-state index contributed by atoms with van der Waals surface area (Å²) in [6, 6.07) is 0.364. The molecule has 2 aromatic rings. The third kappa shape index (κ3) is 4.34. The van der Waals surface area contributed by atoms with Crippen LogP contribution in [0.3, 0.4) is 0 Å². The van der Waals surface area contributed by atoms with Gasteiger partial charge in [0.15, 0.2) is 0 Å². The summed E-state index contributed by atoms with van der Waals surface area (Å²) in [5.74, 6) is 1.69. The summed E-state index contributed by atoms with van der Waals surface area (Å²) in [7, 11) is 0. The minimum atomic E-state index is 0.124. The second kappa shape index (κ2) is 8.04. The van der Waals surface area contributed by atoms with E-state index >= 15 is 0 Å². The third-order valence-electron chi connectivity index (χ3n) is 4.84. The Labute approximate surface area is 158 Å². The number of thiophene rings is 1. The van der Waals surface area contributed by atoms with E-state index in [1.165, 1.54) is 29.7 Å². The lowest BCUT2D eigenvalue weighted by molar-refractivity contribution is -0.119. The number of nitrogens with one attached hydrogen (secondary N) is 1. The predicted octanol–water partition coefficient (Wildman–Crippen LogP) is 4.97. The van der Waals surface area contributed by atoms with Crippen molar-refractivity contribution in [3.8, 4) is 0 Å². The zero-order valence-electron chi connectivity index (χ0n) is 15.5. The van der Waals surface area contributed by atoms with Gasteiger partial charge in [-0.05, 0) is 32.3 Å². The minimum Gasteiger partial charge on any atom is -0.353 e. The smallest absolute Gasteiger partial charge is 0.230 e. The van der Waals surface area contributed by atoms with E-state index in [0.717, 1.165) is 33.9 Å². The summed E-state index contributed by atoms with van der Waals surface area (Å²) in [5.41, 5.74) is 1.24. The molecule has 1 aliphatic carbocycles. The monoisotopic (exact) mass is 377 g/mol. The molecule has 3 rings (SSSR count). The molecule has 136 valence electrons. The van der Waals surface area contributed by atoms with Gasteiger partial charge in [-0.15, -0.1) is 11.3 Å². The van der Waals surface area contributed by atoms with E-state index in [4.69, 9.17) is 9.97 Å². The van der Waals surface area contributed by atoms with Crippen LogP contribution in [0.2, 0.25) is 0 Å². The van der Waals surface area contributed by atoms with Crippen molar-refractivity contribution in [3.63, 3.8) is 0 Å². The van der Waals surface area contributed by atoms with E-state index < -0.39 is 0 Å². The summed E-state index contributed by atoms with van der Waals surface area (Å²) in [6.07, 6.45) is 6.00. The number of carbonyl (C=O) groups excluding carboxylic acids is 1. The molecule has 6 heteroatoms. The summed E-state index contributed by atoms with van der Waals surface area (Å²) >= 11 is 3.27. The van der Waals surface area contributed by atoms with E-state index in [1.54, 1.807) is 23.1 Å². The number of nitrogens with zero attached hydrogens (tertiary/aromatic N) is 2. The van der Waals surface area contributed by atoms with Gasteiger partial charge in [-0.1, -0.05) is 44.9 Å². The molecule has 2 heterocycles. The topological polar surface area (TPSA) is 54.9 Å². The van der Waals surface area contributed by atoms with E-state index in [9.17, 15) is 4.79 Å². The van der Waals surface area contributed by atoms with Crippen molar-refractivity contribution in [2.45, 2.75) is 76.8 Å². The van der Waals surface area contributed by atoms with Crippen LogP contribution in [-0.4, -0.2) is 27.7 Å². The molecule has 0 unspecified atom stereocenters. The van der Waals surface area contributed by atoms with Crippen LogP contribution < -0.4 is 5.32 Å². The van der Waals surface area contributed by atoms with Gasteiger partial charge >= 0.3 is 0 Å². The van der Waals surface area contributed by atoms with Crippen molar-refractivity contribution in [2.24, 2.45) is 0 Å². The Morgan fingerprint density at radius 1 is 1.24 bits per heavy atom. The van der Waals surface area contributed by atoms with Crippen LogP contribution in [0.25, 0.3) is 10.2 Å². The van der Waals surface area contributed by atoms with Crippen molar-refractivity contribution in [1.82, 2.24) is 15.3 Å². The van der Waals surface area contributed by atoms with Gasteiger partial charge in [0, 0.05) is 22.2 Å². The number of thioether (sulfide) groups is 1. The third-order valence-corrected chi connectivity index (χ3v) is 6.92. The lowest BCUT2D eigenvalue weighted by Crippen LogP contribution is -2.37. The van der Waals surface area contributed by atoms with Gasteiger partial charge in [0.2, 0.25) is 5.91 Å². The number of hydrogen-bond donors (Lipinski definition) is 1. The first-order valence-electron chi connectivity index (χ1n) is 9.15. The highest BCUT2D eigenvalue weighted by molar-refractivity contribution is 8.00. The number of aromatic nitrogens is 2. The lowest BCUT2D eigenvalue weighted by atomic mass is 9.95. The van der Waals surface area contributed by atoms with Crippen molar-refractivity contribution in [2.75, 3.05) is 5.75 Å². The SMILES string of the molecule is Cc1sc2nc(C(C)C)nc(SCC(=O)NC3CCCCC3)c2c1C. The highest BCUT2D eigenvalue weighted by Crippen LogP contribution is 2.36. The van der Waals surface area contributed by atoms with Crippen molar-refractivity contribution >= 4 is 39.2 Å². The van der Waals surface area contributed by atoms with Gasteiger partial charge in [0.05, 0.1) is 5.75 Å². The van der Waals surface area contributed by atoms with Crippen LogP contribution in [0.15, 0.2) is 5.03 Å². The predicted molar refractivity (Wildman–Crippen MR) is 107 cm³/mol. The summed E-state index contributed by atoms with van der Waals surface area (Å²) in [4.78, 5) is 24.2. The first kappa shape index (κ1) is 18.6. The largest absolute Gasteiger partial charge is 0.353 e. The molecule has 25 heavy (non-hydrogen) atoms. The Kier molecular flexibility index (Phi) is 6.00. The van der Waals surface area contributed by atoms with Crippen LogP contribution in [0.1, 0.15) is 68.1 Å². The first-order chi connectivity index (χ1) is 12.0. The van der Waals surface area contributed by atoms with Crippen LogP contribution in [0.4, 0.5) is 0 Å². The standard InChI is InChI=1S/C19H27N3OS2/c1-11(2)17-21-18(16-12(3)13(4)25-19(16)22-17)24-10-15(23)20-14-8-6-5-7-9-14/h11,14H,5-10H2,1-4H3,(H,20,23). The Hall–Kier alpha value is -1.14. The van der Waals surface area contributed by atoms with Crippen LogP contribution in [0, 0.1) is 13.8 Å². The average molecular weight is 378 g/mol. The molecule has 0 atom stereocenters. The zero-order valence-corrected chi connectivity index (χ0v) is 17.1. The molecule has 0 bridgehead atoms. The zero-order chi connectivity index (χ0) is 18.0.